The lowest BCUT2D eigenvalue weighted by atomic mass is 10.1. The Morgan fingerprint density at radius 3 is 2.57 bits per heavy atom. The lowest BCUT2D eigenvalue weighted by Gasteiger charge is -2.24. The summed E-state index contributed by atoms with van der Waals surface area (Å²) in [6, 6.07) is 14.1. The number of hydrogen-bond acceptors (Lipinski definition) is 5. The van der Waals surface area contributed by atoms with Crippen molar-refractivity contribution < 1.29 is 9.53 Å². The smallest absolute Gasteiger partial charge is 0.233 e. The van der Waals surface area contributed by atoms with Crippen molar-refractivity contribution in [1.29, 1.82) is 0 Å². The molecule has 3 rings (SSSR count). The van der Waals surface area contributed by atoms with Gasteiger partial charge in [-0.2, -0.15) is 0 Å². The van der Waals surface area contributed by atoms with Gasteiger partial charge in [-0.05, 0) is 50.7 Å². The Labute approximate surface area is 183 Å². The summed E-state index contributed by atoms with van der Waals surface area (Å²) in [6.45, 7) is 12.3. The molecule has 1 heterocycles. The summed E-state index contributed by atoms with van der Waals surface area (Å²) < 4.78 is 6.66. The van der Waals surface area contributed by atoms with E-state index in [2.05, 4.69) is 37.8 Å². The normalized spacial score (nSPS) is 11.2. The van der Waals surface area contributed by atoms with Crippen molar-refractivity contribution in [3.8, 4) is 5.75 Å². The number of rotatable bonds is 10. The molecule has 6 heteroatoms. The van der Waals surface area contributed by atoms with Crippen LogP contribution in [0.5, 0.6) is 5.75 Å². The number of carbonyl (C=O) groups excluding carboxylic acids is 1. The van der Waals surface area contributed by atoms with Crippen molar-refractivity contribution in [2.75, 3.05) is 37.7 Å². The number of anilines is 1. The molecule has 0 unspecified atom stereocenters. The standard InChI is InChI=1S/C24H31N3O2S/c1-5-26(6-2)13-14-27(23(28)16-19-10-8-9-18(4)15-19)24-25-21-12-11-20(29-7-3)17-22(21)30-24/h8-12,15,17H,5-7,13-14,16H2,1-4H3. The highest BCUT2D eigenvalue weighted by atomic mass is 32.1. The van der Waals surface area contributed by atoms with E-state index >= 15 is 0 Å². The molecule has 0 fully saturated rings. The lowest BCUT2D eigenvalue weighted by molar-refractivity contribution is -0.118. The van der Waals surface area contributed by atoms with E-state index in [-0.39, 0.29) is 5.91 Å². The van der Waals surface area contributed by atoms with Crippen LogP contribution in [0, 0.1) is 6.92 Å². The molecule has 1 aromatic heterocycles. The molecule has 30 heavy (non-hydrogen) atoms. The molecule has 0 aliphatic rings. The Morgan fingerprint density at radius 2 is 1.87 bits per heavy atom. The van der Waals surface area contributed by atoms with Gasteiger partial charge in [0.15, 0.2) is 5.13 Å². The van der Waals surface area contributed by atoms with Gasteiger partial charge in [-0.1, -0.05) is 55.0 Å². The highest BCUT2D eigenvalue weighted by Crippen LogP contribution is 2.32. The number of nitrogens with zero attached hydrogens (tertiary/aromatic N) is 3. The molecule has 0 aliphatic heterocycles. The van der Waals surface area contributed by atoms with Crippen molar-refractivity contribution >= 4 is 32.6 Å². The van der Waals surface area contributed by atoms with Crippen molar-refractivity contribution in [1.82, 2.24) is 9.88 Å². The fraction of sp³-hybridized carbons (Fsp3) is 0.417. The summed E-state index contributed by atoms with van der Waals surface area (Å²) in [6.07, 6.45) is 0.375. The molecule has 160 valence electrons. The number of fused-ring (bicyclic) bond motifs is 1. The number of benzene rings is 2. The molecule has 0 atom stereocenters. The molecule has 3 aromatic rings. The van der Waals surface area contributed by atoms with Crippen LogP contribution in [0.1, 0.15) is 31.9 Å². The van der Waals surface area contributed by atoms with Gasteiger partial charge in [0.2, 0.25) is 5.91 Å². The summed E-state index contributed by atoms with van der Waals surface area (Å²) in [7, 11) is 0. The second-order valence-corrected chi connectivity index (χ2v) is 8.31. The van der Waals surface area contributed by atoms with E-state index in [9.17, 15) is 4.79 Å². The monoisotopic (exact) mass is 425 g/mol. The summed E-state index contributed by atoms with van der Waals surface area (Å²) in [5.74, 6) is 0.915. The van der Waals surface area contributed by atoms with Gasteiger partial charge in [-0.3, -0.25) is 9.69 Å². The van der Waals surface area contributed by atoms with Crippen LogP contribution >= 0.6 is 11.3 Å². The third-order valence-electron chi connectivity index (χ3n) is 5.16. The third kappa shape index (κ3) is 5.58. The average Bonchev–Trinajstić information content (AvgIpc) is 3.14. The molecule has 1 amide bonds. The van der Waals surface area contributed by atoms with Gasteiger partial charge in [0.05, 0.1) is 23.2 Å². The number of likely N-dealkylation sites (N-methyl/N-ethyl adjacent to an activating group) is 1. The molecule has 2 aromatic carbocycles. The summed E-state index contributed by atoms with van der Waals surface area (Å²) in [5, 5.41) is 0.753. The number of carbonyl (C=O) groups is 1. The highest BCUT2D eigenvalue weighted by molar-refractivity contribution is 7.22. The maximum Gasteiger partial charge on any atom is 0.233 e. The van der Waals surface area contributed by atoms with Gasteiger partial charge < -0.3 is 9.64 Å². The van der Waals surface area contributed by atoms with Crippen LogP contribution in [-0.2, 0) is 11.2 Å². The number of aryl methyl sites for hydroxylation is 1. The molecule has 0 saturated heterocycles. The minimum absolute atomic E-state index is 0.0804. The van der Waals surface area contributed by atoms with E-state index in [1.807, 2.05) is 42.2 Å². The molecular formula is C24H31N3O2S. The Bertz CT molecular complexity index is 981. The van der Waals surface area contributed by atoms with Crippen LogP contribution in [0.3, 0.4) is 0 Å². The first kappa shape index (κ1) is 22.2. The van der Waals surface area contributed by atoms with Gasteiger partial charge in [0, 0.05) is 13.1 Å². The largest absolute Gasteiger partial charge is 0.494 e. The Hall–Kier alpha value is -2.44. The first-order valence-electron chi connectivity index (χ1n) is 10.7. The fourth-order valence-electron chi connectivity index (χ4n) is 3.47. The topological polar surface area (TPSA) is 45.7 Å². The summed E-state index contributed by atoms with van der Waals surface area (Å²) >= 11 is 1.55. The van der Waals surface area contributed by atoms with E-state index in [0.717, 1.165) is 46.3 Å². The fourth-order valence-corrected chi connectivity index (χ4v) is 4.50. The molecule has 0 saturated carbocycles. The number of aromatic nitrogens is 1. The minimum atomic E-state index is 0.0804. The van der Waals surface area contributed by atoms with Crippen LogP contribution in [0.4, 0.5) is 5.13 Å². The SMILES string of the molecule is CCOc1ccc2nc(N(CCN(CC)CC)C(=O)Cc3cccc(C)c3)sc2c1. The molecule has 0 aliphatic carbocycles. The Morgan fingerprint density at radius 1 is 1.07 bits per heavy atom. The van der Waals surface area contributed by atoms with Crippen molar-refractivity contribution in [2.45, 2.75) is 34.1 Å². The molecule has 5 nitrogen and oxygen atoms in total. The predicted octanol–water partition coefficient (Wildman–Crippen LogP) is 4.92. The van der Waals surface area contributed by atoms with Crippen LogP contribution in [-0.4, -0.2) is 48.6 Å². The van der Waals surface area contributed by atoms with Gasteiger partial charge in [0.25, 0.3) is 0 Å². The first-order chi connectivity index (χ1) is 14.5. The first-order valence-corrected chi connectivity index (χ1v) is 11.5. The lowest BCUT2D eigenvalue weighted by Crippen LogP contribution is -2.39. The van der Waals surface area contributed by atoms with Gasteiger partial charge in [-0.15, -0.1) is 0 Å². The van der Waals surface area contributed by atoms with Crippen LogP contribution in [0.15, 0.2) is 42.5 Å². The quantitative estimate of drug-likeness (QED) is 0.462. The highest BCUT2D eigenvalue weighted by Gasteiger charge is 2.21. The molecular weight excluding hydrogens is 394 g/mol. The van der Waals surface area contributed by atoms with Crippen LogP contribution < -0.4 is 9.64 Å². The summed E-state index contributed by atoms with van der Waals surface area (Å²) in [5.41, 5.74) is 3.10. The number of thiazole rings is 1. The average molecular weight is 426 g/mol. The van der Waals surface area contributed by atoms with Gasteiger partial charge >= 0.3 is 0 Å². The zero-order chi connectivity index (χ0) is 21.5. The van der Waals surface area contributed by atoms with Crippen LogP contribution in [0.25, 0.3) is 10.2 Å². The number of hydrogen-bond donors (Lipinski definition) is 0. The maximum atomic E-state index is 13.3. The van der Waals surface area contributed by atoms with E-state index in [0.29, 0.717) is 19.6 Å². The molecule has 0 N–H and O–H groups in total. The zero-order valence-corrected chi connectivity index (χ0v) is 19.2. The maximum absolute atomic E-state index is 13.3. The van der Waals surface area contributed by atoms with E-state index in [4.69, 9.17) is 9.72 Å². The van der Waals surface area contributed by atoms with Gasteiger partial charge in [0.1, 0.15) is 5.75 Å². The number of ether oxygens (including phenoxy) is 1. The summed E-state index contributed by atoms with van der Waals surface area (Å²) in [4.78, 5) is 22.3. The minimum Gasteiger partial charge on any atom is -0.494 e. The Kier molecular flexibility index (Phi) is 7.82. The van der Waals surface area contributed by atoms with Gasteiger partial charge in [-0.25, -0.2) is 4.98 Å². The van der Waals surface area contributed by atoms with E-state index in [1.54, 1.807) is 11.3 Å². The van der Waals surface area contributed by atoms with E-state index < -0.39 is 0 Å². The Balaban J connectivity index is 1.87. The molecule has 0 radical (unpaired) electrons. The molecule has 0 bridgehead atoms. The molecule has 0 spiro atoms. The second kappa shape index (κ2) is 10.5. The van der Waals surface area contributed by atoms with Crippen molar-refractivity contribution in [2.24, 2.45) is 0 Å². The number of amides is 1. The van der Waals surface area contributed by atoms with E-state index in [1.165, 1.54) is 5.56 Å². The second-order valence-electron chi connectivity index (χ2n) is 7.30. The van der Waals surface area contributed by atoms with Crippen molar-refractivity contribution in [3.63, 3.8) is 0 Å². The van der Waals surface area contributed by atoms with Crippen molar-refractivity contribution in [3.05, 3.63) is 53.6 Å². The zero-order valence-electron chi connectivity index (χ0n) is 18.4. The predicted molar refractivity (Wildman–Crippen MR) is 126 cm³/mol. The van der Waals surface area contributed by atoms with Crippen LogP contribution in [0.2, 0.25) is 0 Å². The third-order valence-corrected chi connectivity index (χ3v) is 6.20.